The number of aryl methyl sites for hydroxylation is 4. The summed E-state index contributed by atoms with van der Waals surface area (Å²) in [5.74, 6) is 0.0507. The summed E-state index contributed by atoms with van der Waals surface area (Å²) in [6, 6.07) is 5.61. The molecule has 1 heterocycles. The van der Waals surface area contributed by atoms with Gasteiger partial charge >= 0.3 is 0 Å². The minimum Gasteiger partial charge on any atom is -0.322 e. The molecule has 0 aliphatic rings. The standard InChI is InChI=1S/C15H17N3O2/c1-8-5-6-12(7-9(8)2)18-15(20)13-10(3)16-11(4)17-14(13)19/h5-7H,1-4H3,(H,18,20)(H,16,17,19). The van der Waals surface area contributed by atoms with Crippen LogP contribution in [0.4, 0.5) is 5.69 Å². The van der Waals surface area contributed by atoms with Crippen molar-refractivity contribution in [1.82, 2.24) is 9.97 Å². The fraction of sp³-hybridized carbons (Fsp3) is 0.267. The number of aromatic nitrogens is 2. The number of nitrogens with zero attached hydrogens (tertiary/aromatic N) is 1. The van der Waals surface area contributed by atoms with Crippen molar-refractivity contribution in [3.05, 3.63) is 56.8 Å². The number of carbonyl (C=O) groups is 1. The van der Waals surface area contributed by atoms with E-state index in [1.165, 1.54) is 0 Å². The van der Waals surface area contributed by atoms with Crippen molar-refractivity contribution in [3.8, 4) is 0 Å². The number of carbonyl (C=O) groups excluding carboxylic acids is 1. The van der Waals surface area contributed by atoms with Gasteiger partial charge in [0.1, 0.15) is 11.4 Å². The molecule has 20 heavy (non-hydrogen) atoms. The Hall–Kier alpha value is -2.43. The average Bonchev–Trinajstić information content (AvgIpc) is 2.32. The molecule has 0 fully saturated rings. The fourth-order valence-electron chi connectivity index (χ4n) is 2.01. The Kier molecular flexibility index (Phi) is 3.70. The number of hydrogen-bond acceptors (Lipinski definition) is 3. The second-order valence-corrected chi connectivity index (χ2v) is 4.86. The predicted molar refractivity (Wildman–Crippen MR) is 78.2 cm³/mol. The molecule has 0 atom stereocenters. The highest BCUT2D eigenvalue weighted by atomic mass is 16.2. The normalized spacial score (nSPS) is 10.4. The van der Waals surface area contributed by atoms with Gasteiger partial charge in [-0.15, -0.1) is 0 Å². The minimum atomic E-state index is -0.445. The van der Waals surface area contributed by atoms with E-state index < -0.39 is 11.5 Å². The van der Waals surface area contributed by atoms with Crippen LogP contribution in [0, 0.1) is 27.7 Å². The van der Waals surface area contributed by atoms with E-state index in [9.17, 15) is 9.59 Å². The van der Waals surface area contributed by atoms with E-state index in [-0.39, 0.29) is 5.56 Å². The smallest absolute Gasteiger partial charge is 0.264 e. The quantitative estimate of drug-likeness (QED) is 0.879. The van der Waals surface area contributed by atoms with Crippen molar-refractivity contribution in [2.24, 2.45) is 0 Å². The molecular weight excluding hydrogens is 254 g/mol. The van der Waals surface area contributed by atoms with Crippen LogP contribution in [0.25, 0.3) is 0 Å². The Bertz CT molecular complexity index is 732. The van der Waals surface area contributed by atoms with Crippen LogP contribution >= 0.6 is 0 Å². The van der Waals surface area contributed by atoms with Crippen LogP contribution in [0.5, 0.6) is 0 Å². The maximum atomic E-state index is 12.2. The molecule has 1 aromatic carbocycles. The molecule has 0 saturated heterocycles. The molecule has 2 rings (SSSR count). The number of benzene rings is 1. The maximum absolute atomic E-state index is 12.2. The monoisotopic (exact) mass is 271 g/mol. The van der Waals surface area contributed by atoms with E-state index in [0.29, 0.717) is 17.2 Å². The van der Waals surface area contributed by atoms with Gasteiger partial charge in [-0.25, -0.2) is 4.98 Å². The lowest BCUT2D eigenvalue weighted by molar-refractivity contribution is 0.102. The van der Waals surface area contributed by atoms with Crippen molar-refractivity contribution >= 4 is 11.6 Å². The molecule has 1 aromatic heterocycles. The highest BCUT2D eigenvalue weighted by molar-refractivity contribution is 6.04. The second kappa shape index (κ2) is 5.28. The first-order chi connectivity index (χ1) is 9.38. The Morgan fingerprint density at radius 1 is 1.15 bits per heavy atom. The number of H-pyrrole nitrogens is 1. The number of anilines is 1. The van der Waals surface area contributed by atoms with Gasteiger partial charge in [0.25, 0.3) is 11.5 Å². The van der Waals surface area contributed by atoms with Crippen molar-refractivity contribution in [1.29, 1.82) is 0 Å². The molecule has 0 aliphatic heterocycles. The third-order valence-electron chi connectivity index (χ3n) is 3.21. The maximum Gasteiger partial charge on any atom is 0.264 e. The van der Waals surface area contributed by atoms with Crippen molar-refractivity contribution < 1.29 is 4.79 Å². The largest absolute Gasteiger partial charge is 0.322 e. The summed E-state index contributed by atoms with van der Waals surface area (Å²) in [6.45, 7) is 7.30. The first kappa shape index (κ1) is 14.0. The van der Waals surface area contributed by atoms with Crippen LogP contribution in [-0.4, -0.2) is 15.9 Å². The number of hydrogen-bond donors (Lipinski definition) is 2. The van der Waals surface area contributed by atoms with Crippen LogP contribution in [0.3, 0.4) is 0 Å². The lowest BCUT2D eigenvalue weighted by Gasteiger charge is -2.09. The Labute approximate surface area is 117 Å². The van der Waals surface area contributed by atoms with Gasteiger partial charge in [0.15, 0.2) is 0 Å². The first-order valence-corrected chi connectivity index (χ1v) is 6.34. The molecule has 2 aromatic rings. The van der Waals surface area contributed by atoms with Gasteiger partial charge in [0.05, 0.1) is 5.69 Å². The van der Waals surface area contributed by atoms with Crippen LogP contribution in [0.15, 0.2) is 23.0 Å². The zero-order valence-electron chi connectivity index (χ0n) is 12.0. The summed E-state index contributed by atoms with van der Waals surface area (Å²) in [5, 5.41) is 2.73. The first-order valence-electron chi connectivity index (χ1n) is 6.34. The molecule has 0 aliphatic carbocycles. The summed E-state index contributed by atoms with van der Waals surface area (Å²) in [6.07, 6.45) is 0. The topological polar surface area (TPSA) is 74.8 Å². The Morgan fingerprint density at radius 3 is 2.45 bits per heavy atom. The summed E-state index contributed by atoms with van der Waals surface area (Å²) in [5.41, 5.74) is 2.94. The summed E-state index contributed by atoms with van der Waals surface area (Å²) < 4.78 is 0. The highest BCUT2D eigenvalue weighted by Crippen LogP contribution is 2.15. The third-order valence-corrected chi connectivity index (χ3v) is 3.21. The molecule has 104 valence electrons. The Balaban J connectivity index is 2.33. The molecule has 5 nitrogen and oxygen atoms in total. The zero-order chi connectivity index (χ0) is 14.9. The van der Waals surface area contributed by atoms with Crippen LogP contribution in [0.1, 0.15) is 33.0 Å². The number of amides is 1. The van der Waals surface area contributed by atoms with E-state index in [4.69, 9.17) is 0 Å². The van der Waals surface area contributed by atoms with Crippen LogP contribution < -0.4 is 10.9 Å². The molecule has 0 saturated carbocycles. The second-order valence-electron chi connectivity index (χ2n) is 4.86. The zero-order valence-corrected chi connectivity index (χ0v) is 12.0. The van der Waals surface area contributed by atoms with E-state index in [2.05, 4.69) is 15.3 Å². The molecule has 2 N–H and O–H groups in total. The molecule has 5 heteroatoms. The van der Waals surface area contributed by atoms with Gasteiger partial charge in [-0.05, 0) is 51.0 Å². The third kappa shape index (κ3) is 2.77. The van der Waals surface area contributed by atoms with E-state index in [1.54, 1.807) is 13.8 Å². The van der Waals surface area contributed by atoms with Gasteiger partial charge in [0, 0.05) is 5.69 Å². The SMILES string of the molecule is Cc1nc(C)c(C(=O)Nc2ccc(C)c(C)c2)c(=O)[nH]1. The number of aromatic amines is 1. The highest BCUT2D eigenvalue weighted by Gasteiger charge is 2.15. The predicted octanol–water partition coefficient (Wildman–Crippen LogP) is 2.26. The van der Waals surface area contributed by atoms with Gasteiger partial charge < -0.3 is 10.3 Å². The summed E-state index contributed by atoms with van der Waals surface area (Å²) in [7, 11) is 0. The van der Waals surface area contributed by atoms with Gasteiger partial charge in [-0.3, -0.25) is 9.59 Å². The van der Waals surface area contributed by atoms with Gasteiger partial charge in [0.2, 0.25) is 0 Å². The average molecular weight is 271 g/mol. The Morgan fingerprint density at radius 2 is 1.85 bits per heavy atom. The van der Waals surface area contributed by atoms with E-state index in [0.717, 1.165) is 11.1 Å². The molecule has 0 bridgehead atoms. The van der Waals surface area contributed by atoms with E-state index in [1.807, 2.05) is 32.0 Å². The lowest BCUT2D eigenvalue weighted by atomic mass is 10.1. The van der Waals surface area contributed by atoms with Crippen molar-refractivity contribution in [2.75, 3.05) is 5.32 Å². The molecule has 0 radical (unpaired) electrons. The molecule has 1 amide bonds. The fourth-order valence-corrected chi connectivity index (χ4v) is 2.01. The molecule has 0 spiro atoms. The van der Waals surface area contributed by atoms with E-state index >= 15 is 0 Å². The summed E-state index contributed by atoms with van der Waals surface area (Å²) >= 11 is 0. The molecular formula is C15H17N3O2. The van der Waals surface area contributed by atoms with Crippen molar-refractivity contribution in [3.63, 3.8) is 0 Å². The van der Waals surface area contributed by atoms with Gasteiger partial charge in [-0.1, -0.05) is 6.07 Å². The molecule has 0 unspecified atom stereocenters. The number of nitrogens with one attached hydrogen (secondary N) is 2. The van der Waals surface area contributed by atoms with Crippen LogP contribution in [0.2, 0.25) is 0 Å². The van der Waals surface area contributed by atoms with Crippen LogP contribution in [-0.2, 0) is 0 Å². The summed E-state index contributed by atoms with van der Waals surface area (Å²) in [4.78, 5) is 30.7. The number of rotatable bonds is 2. The van der Waals surface area contributed by atoms with Crippen molar-refractivity contribution in [2.45, 2.75) is 27.7 Å². The van der Waals surface area contributed by atoms with Gasteiger partial charge in [-0.2, -0.15) is 0 Å². The lowest BCUT2D eigenvalue weighted by Crippen LogP contribution is -2.26. The minimum absolute atomic E-state index is 0.0498.